The molecule has 0 spiro atoms. The third kappa shape index (κ3) is 3.28. The summed E-state index contributed by atoms with van der Waals surface area (Å²) >= 11 is 0. The van der Waals surface area contributed by atoms with Crippen LogP contribution in [0, 0.1) is 0 Å². The van der Waals surface area contributed by atoms with Crippen molar-refractivity contribution in [3.8, 4) is 11.5 Å². The summed E-state index contributed by atoms with van der Waals surface area (Å²) in [5, 5.41) is 27.3. The topological polar surface area (TPSA) is 104 Å². The van der Waals surface area contributed by atoms with Gasteiger partial charge in [0.15, 0.2) is 0 Å². The molecule has 19 heavy (non-hydrogen) atoms. The lowest BCUT2D eigenvalue weighted by Gasteiger charge is -2.20. The Kier molecular flexibility index (Phi) is 3.67. The van der Waals surface area contributed by atoms with E-state index in [-0.39, 0.29) is 12.0 Å². The molecule has 0 saturated heterocycles. The first kappa shape index (κ1) is 15.1. The Morgan fingerprint density at radius 1 is 1.26 bits per heavy atom. The molecule has 0 radical (unpaired) electrons. The van der Waals surface area contributed by atoms with E-state index in [0.717, 1.165) is 12.1 Å². The van der Waals surface area contributed by atoms with Crippen molar-refractivity contribution in [2.75, 3.05) is 0 Å². The molecule has 1 aromatic carbocycles. The van der Waals surface area contributed by atoms with Gasteiger partial charge in [-0.05, 0) is 24.6 Å². The van der Waals surface area contributed by atoms with Gasteiger partial charge in [-0.2, -0.15) is 13.2 Å². The number of phenolic OH excluding ortho intramolecular Hbond substituents is 2. The molecular weight excluding hydrogens is 267 g/mol. The number of halogens is 3. The molecule has 0 bridgehead atoms. The minimum Gasteiger partial charge on any atom is -0.507 e. The van der Waals surface area contributed by atoms with Gasteiger partial charge >= 0.3 is 12.1 Å². The van der Waals surface area contributed by atoms with Gasteiger partial charge in [0.2, 0.25) is 0 Å². The Labute approximate surface area is 106 Å². The van der Waals surface area contributed by atoms with Crippen LogP contribution in [-0.4, -0.2) is 26.8 Å². The molecule has 5 N–H and O–H groups in total. The molecule has 0 aliphatic carbocycles. The van der Waals surface area contributed by atoms with Crippen molar-refractivity contribution in [3.63, 3.8) is 0 Å². The van der Waals surface area contributed by atoms with Crippen molar-refractivity contribution >= 4 is 5.97 Å². The zero-order valence-corrected chi connectivity index (χ0v) is 9.82. The highest BCUT2D eigenvalue weighted by Crippen LogP contribution is 2.42. The average Bonchev–Trinajstić information content (AvgIpc) is 2.11. The lowest BCUT2D eigenvalue weighted by atomic mass is 9.93. The maximum Gasteiger partial charge on any atom is 0.423 e. The number of phenols is 2. The van der Waals surface area contributed by atoms with Gasteiger partial charge in [0.1, 0.15) is 22.6 Å². The summed E-state index contributed by atoms with van der Waals surface area (Å²) in [6.07, 6.45) is -5.26. The zero-order chi connectivity index (χ0) is 15.0. The normalized spacial score (nSPS) is 15.0. The maximum atomic E-state index is 12.5. The second-order valence-corrected chi connectivity index (χ2v) is 4.41. The molecular formula is C11H12F3NO4. The number of carboxylic acid groups (broad SMARTS) is 1. The fourth-order valence-electron chi connectivity index (χ4n) is 1.56. The second-order valence-electron chi connectivity index (χ2n) is 4.41. The molecule has 106 valence electrons. The SMILES string of the molecule is C[C@](N)(Cc1cc(O)c(C(F)(F)F)c(O)c1)C(=O)O. The Bertz CT molecular complexity index is 488. The molecule has 0 unspecified atom stereocenters. The van der Waals surface area contributed by atoms with Crippen LogP contribution in [0.5, 0.6) is 11.5 Å². The summed E-state index contributed by atoms with van der Waals surface area (Å²) in [7, 11) is 0. The van der Waals surface area contributed by atoms with Crippen LogP contribution in [0.3, 0.4) is 0 Å². The summed E-state index contributed by atoms with van der Waals surface area (Å²) < 4.78 is 37.4. The molecule has 0 aromatic heterocycles. The summed E-state index contributed by atoms with van der Waals surface area (Å²) in [5.74, 6) is -3.71. The van der Waals surface area contributed by atoms with Crippen LogP contribution in [0.4, 0.5) is 13.2 Å². The molecule has 0 amide bonds. The van der Waals surface area contributed by atoms with Crippen molar-refractivity contribution in [2.24, 2.45) is 5.73 Å². The number of aliphatic carboxylic acids is 1. The van der Waals surface area contributed by atoms with Crippen LogP contribution < -0.4 is 5.73 Å². The number of hydrogen-bond donors (Lipinski definition) is 4. The van der Waals surface area contributed by atoms with Crippen LogP contribution in [0.1, 0.15) is 18.1 Å². The minimum absolute atomic E-state index is 0.0181. The van der Waals surface area contributed by atoms with Crippen molar-refractivity contribution in [2.45, 2.75) is 25.1 Å². The number of rotatable bonds is 3. The molecule has 0 aliphatic heterocycles. The van der Waals surface area contributed by atoms with E-state index in [9.17, 15) is 28.2 Å². The number of nitrogens with two attached hydrogens (primary N) is 1. The van der Waals surface area contributed by atoms with E-state index in [1.54, 1.807) is 0 Å². The number of carbonyl (C=O) groups is 1. The summed E-state index contributed by atoms with van der Waals surface area (Å²) in [4.78, 5) is 10.8. The molecule has 8 heteroatoms. The third-order valence-corrected chi connectivity index (χ3v) is 2.50. The molecule has 1 aromatic rings. The molecule has 1 atom stereocenters. The number of hydrogen-bond acceptors (Lipinski definition) is 4. The first-order chi connectivity index (χ1) is 8.45. The number of carboxylic acids is 1. The van der Waals surface area contributed by atoms with E-state index < -0.39 is 34.7 Å². The van der Waals surface area contributed by atoms with E-state index in [4.69, 9.17) is 10.8 Å². The summed E-state index contributed by atoms with van der Waals surface area (Å²) in [6.45, 7) is 1.17. The average molecular weight is 279 g/mol. The van der Waals surface area contributed by atoms with Gasteiger partial charge in [-0.25, -0.2) is 0 Å². The predicted octanol–water partition coefficient (Wildman–Crippen LogP) is 1.46. The Morgan fingerprint density at radius 3 is 2.00 bits per heavy atom. The Balaban J connectivity index is 3.20. The highest BCUT2D eigenvalue weighted by Gasteiger charge is 2.38. The largest absolute Gasteiger partial charge is 0.507 e. The van der Waals surface area contributed by atoms with Gasteiger partial charge in [-0.3, -0.25) is 4.79 Å². The fraction of sp³-hybridized carbons (Fsp3) is 0.364. The fourth-order valence-corrected chi connectivity index (χ4v) is 1.56. The van der Waals surface area contributed by atoms with E-state index >= 15 is 0 Å². The van der Waals surface area contributed by atoms with E-state index in [2.05, 4.69) is 0 Å². The van der Waals surface area contributed by atoms with Crippen LogP contribution in [0.2, 0.25) is 0 Å². The highest BCUT2D eigenvalue weighted by molar-refractivity contribution is 5.78. The van der Waals surface area contributed by atoms with E-state index in [0.29, 0.717) is 0 Å². The zero-order valence-electron chi connectivity index (χ0n) is 9.82. The quantitative estimate of drug-likeness (QED) is 0.670. The molecule has 1 rings (SSSR count). The van der Waals surface area contributed by atoms with Crippen molar-refractivity contribution in [1.29, 1.82) is 0 Å². The monoisotopic (exact) mass is 279 g/mol. The van der Waals surface area contributed by atoms with Gasteiger partial charge in [0.25, 0.3) is 0 Å². The smallest absolute Gasteiger partial charge is 0.423 e. The first-order valence-corrected chi connectivity index (χ1v) is 5.09. The highest BCUT2D eigenvalue weighted by atomic mass is 19.4. The van der Waals surface area contributed by atoms with Gasteiger partial charge in [0, 0.05) is 6.42 Å². The standard InChI is InChI=1S/C11H12F3NO4/c1-10(15,9(18)19)4-5-2-6(16)8(7(17)3-5)11(12,13)14/h2-3,16-17H,4,15H2,1H3,(H,18,19)/t10-/m0/s1. The molecule has 0 fully saturated rings. The third-order valence-electron chi connectivity index (χ3n) is 2.50. The van der Waals surface area contributed by atoms with Gasteiger partial charge in [0.05, 0.1) is 0 Å². The van der Waals surface area contributed by atoms with Crippen molar-refractivity contribution in [1.82, 2.24) is 0 Å². The number of alkyl halides is 3. The van der Waals surface area contributed by atoms with Crippen molar-refractivity contribution in [3.05, 3.63) is 23.3 Å². The minimum atomic E-state index is -4.91. The van der Waals surface area contributed by atoms with Crippen molar-refractivity contribution < 1.29 is 33.3 Å². The van der Waals surface area contributed by atoms with Gasteiger partial charge in [-0.15, -0.1) is 0 Å². The van der Waals surface area contributed by atoms with E-state index in [1.807, 2.05) is 0 Å². The van der Waals surface area contributed by atoms with E-state index in [1.165, 1.54) is 6.92 Å². The molecule has 5 nitrogen and oxygen atoms in total. The van der Waals surface area contributed by atoms with Gasteiger partial charge in [-0.1, -0.05) is 0 Å². The predicted molar refractivity (Wildman–Crippen MR) is 58.7 cm³/mol. The van der Waals surface area contributed by atoms with Crippen LogP contribution in [0.25, 0.3) is 0 Å². The summed E-state index contributed by atoms with van der Waals surface area (Å²) in [6, 6.07) is 1.47. The Morgan fingerprint density at radius 2 is 1.68 bits per heavy atom. The first-order valence-electron chi connectivity index (χ1n) is 5.09. The van der Waals surface area contributed by atoms with Crippen LogP contribution in [-0.2, 0) is 17.4 Å². The molecule has 0 heterocycles. The lowest BCUT2D eigenvalue weighted by Crippen LogP contribution is -2.46. The van der Waals surface area contributed by atoms with Crippen LogP contribution in [0.15, 0.2) is 12.1 Å². The summed E-state index contributed by atoms with van der Waals surface area (Å²) in [5.41, 5.74) is 2.12. The molecule has 0 saturated carbocycles. The number of aromatic hydroxyl groups is 2. The van der Waals surface area contributed by atoms with Crippen LogP contribution >= 0.6 is 0 Å². The van der Waals surface area contributed by atoms with Gasteiger partial charge < -0.3 is 21.1 Å². The maximum absolute atomic E-state index is 12.5. The second kappa shape index (κ2) is 4.61. The number of benzene rings is 1. The molecule has 0 aliphatic rings. The Hall–Kier alpha value is -1.96. The lowest BCUT2D eigenvalue weighted by molar-refractivity contribution is -0.143.